The van der Waals surface area contributed by atoms with E-state index in [1.807, 2.05) is 0 Å². The highest BCUT2D eigenvalue weighted by atomic mass is 32.2. The first-order chi connectivity index (χ1) is 13.7. The van der Waals surface area contributed by atoms with Gasteiger partial charge in [-0.1, -0.05) is 6.07 Å². The van der Waals surface area contributed by atoms with Gasteiger partial charge < -0.3 is 5.32 Å². The summed E-state index contributed by atoms with van der Waals surface area (Å²) in [4.78, 5) is 12.5. The van der Waals surface area contributed by atoms with Crippen molar-refractivity contribution in [3.8, 4) is 0 Å². The molecule has 164 valence electrons. The van der Waals surface area contributed by atoms with Gasteiger partial charge in [0.25, 0.3) is 5.91 Å². The fourth-order valence-corrected chi connectivity index (χ4v) is 4.37. The van der Waals surface area contributed by atoms with Crippen LogP contribution in [0.2, 0.25) is 0 Å². The Hall–Kier alpha value is -2.43. The number of hydrogen-bond acceptors (Lipinski definition) is 5. The van der Waals surface area contributed by atoms with E-state index in [9.17, 15) is 21.6 Å². The minimum Gasteiger partial charge on any atom is -0.322 e. The molecule has 0 aliphatic heterocycles. The Morgan fingerprint density at radius 3 is 2.03 bits per heavy atom. The van der Waals surface area contributed by atoms with Gasteiger partial charge in [-0.15, -0.1) is 0 Å². The molecule has 0 bridgehead atoms. The van der Waals surface area contributed by atoms with E-state index < -0.39 is 30.7 Å². The number of anilines is 2. The lowest BCUT2D eigenvalue weighted by Crippen LogP contribution is -2.33. The molecule has 1 amide bonds. The molecule has 0 atom stereocenters. The summed E-state index contributed by atoms with van der Waals surface area (Å²) in [5.41, 5.74) is 0.959. The van der Waals surface area contributed by atoms with Crippen LogP contribution in [0.1, 0.15) is 45.0 Å². The first-order valence-corrected chi connectivity index (χ1v) is 12.2. The van der Waals surface area contributed by atoms with Crippen molar-refractivity contribution in [2.45, 2.75) is 50.3 Å². The monoisotopic (exact) mass is 453 g/mol. The number of carbonyl (C=O) groups excluding carboxylic acids is 1. The number of sulfonamides is 2. The van der Waals surface area contributed by atoms with E-state index in [2.05, 4.69) is 14.8 Å². The Bertz CT molecular complexity index is 1120. The fraction of sp³-hybridized carbons (Fsp3) is 0.350. The number of carbonyl (C=O) groups is 1. The van der Waals surface area contributed by atoms with E-state index in [0.29, 0.717) is 16.9 Å². The lowest BCUT2D eigenvalue weighted by Gasteiger charge is -2.20. The van der Waals surface area contributed by atoms with E-state index >= 15 is 0 Å². The van der Waals surface area contributed by atoms with E-state index in [1.165, 1.54) is 42.5 Å². The highest BCUT2D eigenvalue weighted by Crippen LogP contribution is 2.21. The maximum atomic E-state index is 12.5. The maximum absolute atomic E-state index is 12.5. The molecule has 3 N–H and O–H groups in total. The molecule has 0 aliphatic rings. The molecule has 2 aromatic rings. The smallest absolute Gasteiger partial charge is 0.255 e. The van der Waals surface area contributed by atoms with Crippen LogP contribution in [0.15, 0.2) is 53.4 Å². The van der Waals surface area contributed by atoms with Gasteiger partial charge in [0.05, 0.1) is 9.64 Å². The normalized spacial score (nSPS) is 12.6. The third-order valence-electron chi connectivity index (χ3n) is 4.00. The van der Waals surface area contributed by atoms with Crippen molar-refractivity contribution >= 4 is 37.3 Å². The Balaban J connectivity index is 2.15. The second kappa shape index (κ2) is 8.75. The summed E-state index contributed by atoms with van der Waals surface area (Å²) < 4.78 is 53.0. The van der Waals surface area contributed by atoms with Crippen LogP contribution in [0.3, 0.4) is 0 Å². The zero-order valence-electron chi connectivity index (χ0n) is 17.6. The van der Waals surface area contributed by atoms with Gasteiger partial charge in [0.2, 0.25) is 20.0 Å². The van der Waals surface area contributed by atoms with Gasteiger partial charge in [-0.05, 0) is 77.1 Å². The van der Waals surface area contributed by atoms with Gasteiger partial charge in [-0.2, -0.15) is 0 Å². The molecule has 0 fully saturated rings. The van der Waals surface area contributed by atoms with Crippen molar-refractivity contribution in [3.63, 3.8) is 0 Å². The van der Waals surface area contributed by atoms with Gasteiger partial charge >= 0.3 is 0 Å². The molecule has 0 aromatic heterocycles. The van der Waals surface area contributed by atoms with Crippen molar-refractivity contribution in [2.24, 2.45) is 0 Å². The molecular formula is C20H27N3O5S2. The summed E-state index contributed by atoms with van der Waals surface area (Å²) >= 11 is 0. The van der Waals surface area contributed by atoms with Crippen LogP contribution in [0.25, 0.3) is 0 Å². The Morgan fingerprint density at radius 1 is 0.900 bits per heavy atom. The minimum absolute atomic E-state index is 0.0425. The fourth-order valence-electron chi connectivity index (χ4n) is 2.32. The van der Waals surface area contributed by atoms with Gasteiger partial charge in [-0.3, -0.25) is 9.52 Å². The molecule has 0 unspecified atom stereocenters. The van der Waals surface area contributed by atoms with Crippen molar-refractivity contribution in [3.05, 3.63) is 54.1 Å². The molecular weight excluding hydrogens is 426 g/mol. The number of benzene rings is 2. The minimum atomic E-state index is -3.68. The second-order valence-electron chi connectivity index (χ2n) is 8.05. The summed E-state index contributed by atoms with van der Waals surface area (Å²) in [5.74, 6) is -0.452. The first kappa shape index (κ1) is 23.8. The number of hydrogen-bond donors (Lipinski definition) is 3. The molecule has 0 spiro atoms. The lowest BCUT2D eigenvalue weighted by atomic mass is 10.2. The topological polar surface area (TPSA) is 121 Å². The molecule has 0 radical (unpaired) electrons. The molecule has 30 heavy (non-hydrogen) atoms. The van der Waals surface area contributed by atoms with E-state index in [1.54, 1.807) is 40.7 Å². The summed E-state index contributed by atoms with van der Waals surface area (Å²) in [7, 11) is -7.26. The van der Waals surface area contributed by atoms with Crippen molar-refractivity contribution in [2.75, 3.05) is 10.0 Å². The average Bonchev–Trinajstić information content (AvgIpc) is 2.60. The van der Waals surface area contributed by atoms with Gasteiger partial charge in [0.15, 0.2) is 0 Å². The predicted molar refractivity (Wildman–Crippen MR) is 119 cm³/mol. The molecule has 0 saturated carbocycles. The highest BCUT2D eigenvalue weighted by Gasteiger charge is 2.28. The third kappa shape index (κ3) is 6.04. The van der Waals surface area contributed by atoms with Crippen molar-refractivity contribution < 1.29 is 21.6 Å². The Labute approximate surface area is 178 Å². The largest absolute Gasteiger partial charge is 0.322 e. The van der Waals surface area contributed by atoms with Crippen LogP contribution >= 0.6 is 0 Å². The summed E-state index contributed by atoms with van der Waals surface area (Å²) in [6.07, 6.45) is 0. The van der Waals surface area contributed by atoms with Crippen LogP contribution in [-0.4, -0.2) is 33.5 Å². The Morgan fingerprint density at radius 2 is 1.50 bits per heavy atom. The molecule has 8 nitrogen and oxygen atoms in total. The van der Waals surface area contributed by atoms with Crippen LogP contribution < -0.4 is 14.8 Å². The highest BCUT2D eigenvalue weighted by molar-refractivity contribution is 7.94. The zero-order chi connectivity index (χ0) is 22.7. The second-order valence-corrected chi connectivity index (χ2v) is 12.2. The maximum Gasteiger partial charge on any atom is 0.255 e. The lowest BCUT2D eigenvalue weighted by molar-refractivity contribution is 0.102. The van der Waals surface area contributed by atoms with Gasteiger partial charge in [0.1, 0.15) is 0 Å². The summed E-state index contributed by atoms with van der Waals surface area (Å²) in [6.45, 7) is 8.19. The molecule has 2 rings (SSSR count). The number of nitrogens with one attached hydrogen (secondary N) is 3. The predicted octanol–water partition coefficient (Wildman–Crippen LogP) is 3.17. The van der Waals surface area contributed by atoms with Crippen molar-refractivity contribution in [1.29, 1.82) is 0 Å². The molecule has 0 aliphatic carbocycles. The van der Waals surface area contributed by atoms with E-state index in [4.69, 9.17) is 0 Å². The van der Waals surface area contributed by atoms with E-state index in [-0.39, 0.29) is 10.9 Å². The number of amides is 1. The molecule has 2 aromatic carbocycles. The van der Waals surface area contributed by atoms with Crippen LogP contribution in [0, 0.1) is 0 Å². The number of rotatable bonds is 7. The molecule has 0 heterocycles. The average molecular weight is 454 g/mol. The third-order valence-corrected chi connectivity index (χ3v) is 7.77. The summed E-state index contributed by atoms with van der Waals surface area (Å²) in [6, 6.07) is 11.6. The molecule has 10 heteroatoms. The van der Waals surface area contributed by atoms with Gasteiger partial charge in [-0.25, -0.2) is 21.6 Å². The quantitative estimate of drug-likeness (QED) is 0.594. The molecule has 0 saturated heterocycles. The van der Waals surface area contributed by atoms with E-state index in [0.717, 1.165) is 0 Å². The van der Waals surface area contributed by atoms with Crippen LogP contribution in [0.4, 0.5) is 11.4 Å². The standard InChI is InChI=1S/C20H27N3O5S2/c1-14(2)22-29(25,26)18-8-6-7-17(13-18)21-19(24)15-9-11-16(12-10-15)23-30(27,28)20(3,4)5/h6-14,22-23H,1-5H3,(H,21,24). The van der Waals surface area contributed by atoms with Crippen LogP contribution in [-0.2, 0) is 20.0 Å². The van der Waals surface area contributed by atoms with Gasteiger partial charge in [0, 0.05) is 23.0 Å². The van der Waals surface area contributed by atoms with Crippen molar-refractivity contribution in [1.82, 2.24) is 4.72 Å². The van der Waals surface area contributed by atoms with Crippen LogP contribution in [0.5, 0.6) is 0 Å². The summed E-state index contributed by atoms with van der Waals surface area (Å²) in [5, 5.41) is 2.65. The Kier molecular flexibility index (Phi) is 6.95. The zero-order valence-corrected chi connectivity index (χ0v) is 19.2. The first-order valence-electron chi connectivity index (χ1n) is 9.27. The SMILES string of the molecule is CC(C)NS(=O)(=O)c1cccc(NC(=O)c2ccc(NS(=O)(=O)C(C)(C)C)cc2)c1.